The number of aliphatic hydroxyl groups excluding tert-OH is 3. The fourth-order valence-electron chi connectivity index (χ4n) is 0.0577. The van der Waals surface area contributed by atoms with Crippen molar-refractivity contribution in [2.75, 3.05) is 32.0 Å². The van der Waals surface area contributed by atoms with Crippen molar-refractivity contribution in [3.63, 3.8) is 0 Å². The second kappa shape index (κ2) is 13.3. The maximum absolute atomic E-state index is 9.19. The van der Waals surface area contributed by atoms with Crippen molar-refractivity contribution < 1.29 is 54.2 Å². The minimum Gasteiger partial charge on any atom is -0.394 e. The van der Waals surface area contributed by atoms with E-state index in [9.17, 15) is 25.3 Å². The first-order valence-electron chi connectivity index (χ1n) is 4.48. The van der Waals surface area contributed by atoms with Crippen LogP contribution in [0.5, 0.6) is 0 Å². The van der Waals surface area contributed by atoms with Crippen LogP contribution in [0.3, 0.4) is 0 Å². The van der Waals surface area contributed by atoms with Gasteiger partial charge in [0.25, 0.3) is 30.4 Å². The normalized spacial score (nSPS) is 11.1. The average molecular weight is 380 g/mol. The van der Waals surface area contributed by atoms with Gasteiger partial charge in [-0.3, -0.25) is 13.7 Å². The topological polar surface area (TPSA) is 224 Å². The highest BCUT2D eigenvalue weighted by atomic mass is 32.2. The molecule has 21 heavy (non-hydrogen) atoms. The van der Waals surface area contributed by atoms with Crippen molar-refractivity contribution in [2.45, 2.75) is 6.10 Å². The summed E-state index contributed by atoms with van der Waals surface area (Å²) in [6, 6.07) is 0. The second-order valence-corrected chi connectivity index (χ2v) is 7.62. The van der Waals surface area contributed by atoms with Crippen LogP contribution < -0.4 is 0 Å². The van der Waals surface area contributed by atoms with E-state index < -0.39 is 36.5 Å². The Hall–Kier alpha value is -0.390. The molecule has 0 saturated heterocycles. The van der Waals surface area contributed by atoms with Crippen LogP contribution in [0.2, 0.25) is 0 Å². The van der Waals surface area contributed by atoms with Gasteiger partial charge in [0.1, 0.15) is 6.10 Å². The Morgan fingerprint density at radius 3 is 0.762 bits per heavy atom. The van der Waals surface area contributed by atoms with E-state index in [-0.39, 0.29) is 13.2 Å². The van der Waals surface area contributed by atoms with Crippen LogP contribution in [0.25, 0.3) is 0 Å². The van der Waals surface area contributed by atoms with Crippen LogP contribution >= 0.6 is 0 Å². The van der Waals surface area contributed by atoms with E-state index in [1.807, 2.05) is 0 Å². The summed E-state index contributed by atoms with van der Waals surface area (Å²) in [5.41, 5.74) is 0. The predicted octanol–water partition coefficient (Wildman–Crippen LogP) is -3.16. The van der Waals surface area contributed by atoms with Crippen LogP contribution in [0, 0.1) is 0 Å². The Morgan fingerprint density at radius 2 is 0.762 bits per heavy atom. The van der Waals surface area contributed by atoms with Gasteiger partial charge in [-0.2, -0.15) is 25.3 Å². The van der Waals surface area contributed by atoms with Crippen molar-refractivity contribution in [3.8, 4) is 0 Å². The van der Waals surface area contributed by atoms with Gasteiger partial charge in [-0.15, -0.1) is 0 Å². The summed E-state index contributed by atoms with van der Waals surface area (Å²) in [5.74, 6) is 0. The van der Waals surface area contributed by atoms with Crippen molar-refractivity contribution >= 4 is 30.4 Å². The van der Waals surface area contributed by atoms with E-state index in [1.165, 1.54) is 0 Å². The zero-order valence-electron chi connectivity index (χ0n) is 11.3. The van der Waals surface area contributed by atoms with Gasteiger partial charge in [0.15, 0.2) is 0 Å². The lowest BCUT2D eigenvalue weighted by Gasteiger charge is -1.96. The van der Waals surface area contributed by atoms with Crippen molar-refractivity contribution in [3.05, 3.63) is 0 Å². The van der Waals surface area contributed by atoms with E-state index in [0.29, 0.717) is 18.8 Å². The monoisotopic (exact) mass is 380 g/mol. The third-order valence-corrected chi connectivity index (χ3v) is 0.421. The molecule has 15 heteroatoms. The van der Waals surface area contributed by atoms with Gasteiger partial charge in [0.2, 0.25) is 0 Å². The number of rotatable bonds is 2. The van der Waals surface area contributed by atoms with Gasteiger partial charge in [-0.05, 0) is 0 Å². The molecule has 0 atom stereocenters. The number of aliphatic hydroxyl groups is 3. The Labute approximate surface area is 123 Å². The maximum Gasteiger partial charge on any atom is 0.261 e. The SMILES string of the molecule is CS(=O)(=O)O.CS(=O)(=O)O.CS(=O)(=O)O.OCC(O)CO. The average Bonchev–Trinajstić information content (AvgIpc) is 2.08. The summed E-state index contributed by atoms with van der Waals surface area (Å²) in [7, 11) is -11.0. The van der Waals surface area contributed by atoms with E-state index in [0.717, 1.165) is 0 Å². The van der Waals surface area contributed by atoms with Gasteiger partial charge < -0.3 is 15.3 Å². The second-order valence-electron chi connectivity index (χ2n) is 3.22. The van der Waals surface area contributed by atoms with Gasteiger partial charge in [-0.25, -0.2) is 0 Å². The lowest BCUT2D eigenvalue weighted by atomic mass is 10.4. The zero-order valence-corrected chi connectivity index (χ0v) is 13.8. The molecule has 0 heterocycles. The first-order chi connectivity index (χ1) is 8.81. The molecule has 0 spiro atoms. The summed E-state index contributed by atoms with van der Waals surface area (Å²) < 4.78 is 77.6. The van der Waals surface area contributed by atoms with E-state index >= 15 is 0 Å². The highest BCUT2D eigenvalue weighted by Gasteiger charge is 1.93. The fourth-order valence-corrected chi connectivity index (χ4v) is 0.0577. The van der Waals surface area contributed by atoms with E-state index in [1.54, 1.807) is 0 Å². The standard InChI is InChI=1S/C3H8O3.3CH4O3S/c4-1-3(6)2-5;3*1-5(2,3)4/h3-6H,1-2H2;3*1H3,(H,2,3,4). The van der Waals surface area contributed by atoms with Crippen LogP contribution in [-0.4, -0.2) is 92.3 Å². The molecule has 0 fully saturated rings. The minimum absolute atomic E-state index is 0.365. The van der Waals surface area contributed by atoms with Crippen LogP contribution in [0.4, 0.5) is 0 Å². The molecular formula is C6H20O12S3. The Kier molecular flexibility index (Phi) is 18.2. The summed E-state index contributed by atoms with van der Waals surface area (Å²) >= 11 is 0. The van der Waals surface area contributed by atoms with Gasteiger partial charge >= 0.3 is 0 Å². The van der Waals surface area contributed by atoms with Crippen LogP contribution in [-0.2, 0) is 30.4 Å². The minimum atomic E-state index is -3.67. The number of hydrogen-bond acceptors (Lipinski definition) is 9. The molecule has 134 valence electrons. The first kappa shape index (κ1) is 28.7. The third-order valence-electron chi connectivity index (χ3n) is 0.421. The molecule has 0 saturated carbocycles. The van der Waals surface area contributed by atoms with Crippen LogP contribution in [0.1, 0.15) is 0 Å². The Bertz CT molecular complexity index is 416. The summed E-state index contributed by atoms with van der Waals surface area (Å²) in [6.45, 7) is -0.729. The van der Waals surface area contributed by atoms with E-state index in [4.69, 9.17) is 29.0 Å². The van der Waals surface area contributed by atoms with Crippen LogP contribution in [0.15, 0.2) is 0 Å². The summed E-state index contributed by atoms with van der Waals surface area (Å²) in [6.07, 6.45) is 1.19. The Morgan fingerprint density at radius 1 is 0.667 bits per heavy atom. The number of hydrogen-bond donors (Lipinski definition) is 6. The van der Waals surface area contributed by atoms with Crippen molar-refractivity contribution in [1.29, 1.82) is 0 Å². The molecule has 0 bridgehead atoms. The molecule has 0 aromatic heterocycles. The first-order valence-corrected chi connectivity index (χ1v) is 10.0. The summed E-state index contributed by atoms with van der Waals surface area (Å²) in [5, 5.41) is 24.0. The van der Waals surface area contributed by atoms with Gasteiger partial charge in [0.05, 0.1) is 32.0 Å². The van der Waals surface area contributed by atoms with Crippen molar-refractivity contribution in [1.82, 2.24) is 0 Å². The third kappa shape index (κ3) is 467. The molecule has 6 N–H and O–H groups in total. The molecule has 0 aliphatic carbocycles. The molecule has 0 aromatic carbocycles. The molecular weight excluding hydrogens is 360 g/mol. The largest absolute Gasteiger partial charge is 0.394 e. The molecule has 0 aliphatic rings. The van der Waals surface area contributed by atoms with Gasteiger partial charge in [0, 0.05) is 0 Å². The smallest absolute Gasteiger partial charge is 0.261 e. The van der Waals surface area contributed by atoms with Crippen molar-refractivity contribution in [2.24, 2.45) is 0 Å². The molecule has 0 radical (unpaired) electrons. The summed E-state index contributed by atoms with van der Waals surface area (Å²) in [4.78, 5) is 0. The molecule has 0 rings (SSSR count). The molecule has 0 aliphatic heterocycles. The molecule has 0 amide bonds. The molecule has 0 aromatic rings. The highest BCUT2D eigenvalue weighted by Crippen LogP contribution is 1.71. The lowest BCUT2D eigenvalue weighted by molar-refractivity contribution is 0.0450. The lowest BCUT2D eigenvalue weighted by Crippen LogP contribution is -2.15. The highest BCUT2D eigenvalue weighted by molar-refractivity contribution is 7.85. The predicted molar refractivity (Wildman–Crippen MR) is 72.6 cm³/mol. The quantitative estimate of drug-likeness (QED) is 0.261. The van der Waals surface area contributed by atoms with E-state index in [2.05, 4.69) is 0 Å². The Balaban J connectivity index is -0.0000000921. The molecule has 12 nitrogen and oxygen atoms in total. The zero-order chi connectivity index (χ0) is 18.5. The molecule has 0 unspecified atom stereocenters. The van der Waals surface area contributed by atoms with Gasteiger partial charge in [-0.1, -0.05) is 0 Å². The fraction of sp³-hybridized carbons (Fsp3) is 1.00. The maximum atomic E-state index is 9.19.